The van der Waals surface area contributed by atoms with Crippen LogP contribution in [0.3, 0.4) is 0 Å². The molecule has 2 aromatic rings. The van der Waals surface area contributed by atoms with Gasteiger partial charge in [0.1, 0.15) is 0 Å². The van der Waals surface area contributed by atoms with Gasteiger partial charge < -0.3 is 10.0 Å². The molecule has 4 rings (SSSR count). The zero-order valence-electron chi connectivity index (χ0n) is 13.1. The third-order valence-electron chi connectivity index (χ3n) is 5.23. The number of para-hydroxylation sites is 1. The lowest BCUT2D eigenvalue weighted by Gasteiger charge is -2.18. The van der Waals surface area contributed by atoms with Gasteiger partial charge in [0.05, 0.1) is 23.8 Å². The standard InChI is InChI=1S/C19H15F2NO3/c20-16(21)14-15(17(23)24)19(14)12-8-4-5-9-13(12)22(18(19)25)10-11-6-2-1-3-7-11/h1-9,14-16H,10H2,(H,23,24)/t14-,15-,19+/m1/s1. The minimum atomic E-state index is -2.87. The van der Waals surface area contributed by atoms with E-state index in [-0.39, 0.29) is 6.54 Å². The average Bonchev–Trinajstić information content (AvgIpc) is 3.26. The average molecular weight is 343 g/mol. The summed E-state index contributed by atoms with van der Waals surface area (Å²) in [5, 5.41) is 9.41. The van der Waals surface area contributed by atoms with Crippen LogP contribution in [-0.2, 0) is 21.5 Å². The van der Waals surface area contributed by atoms with Crippen LogP contribution in [0.4, 0.5) is 14.5 Å². The summed E-state index contributed by atoms with van der Waals surface area (Å²) in [7, 11) is 0. The van der Waals surface area contributed by atoms with Crippen LogP contribution in [-0.4, -0.2) is 23.4 Å². The monoisotopic (exact) mass is 343 g/mol. The molecule has 3 atom stereocenters. The van der Waals surface area contributed by atoms with Crippen molar-refractivity contribution in [1.29, 1.82) is 0 Å². The first kappa shape index (κ1) is 15.7. The largest absolute Gasteiger partial charge is 0.481 e. The first-order valence-corrected chi connectivity index (χ1v) is 7.96. The number of carboxylic acids is 1. The smallest absolute Gasteiger partial charge is 0.308 e. The molecular formula is C19H15F2NO3. The Balaban J connectivity index is 1.81. The van der Waals surface area contributed by atoms with Crippen molar-refractivity contribution in [3.63, 3.8) is 0 Å². The molecule has 0 radical (unpaired) electrons. The number of alkyl halides is 2. The molecule has 1 spiro atoms. The maximum atomic E-state index is 13.5. The summed E-state index contributed by atoms with van der Waals surface area (Å²) in [4.78, 5) is 26.1. The molecule has 1 saturated carbocycles. The van der Waals surface area contributed by atoms with E-state index in [2.05, 4.69) is 0 Å². The lowest BCUT2D eigenvalue weighted by atomic mass is 9.93. The van der Waals surface area contributed by atoms with Crippen molar-refractivity contribution in [2.75, 3.05) is 4.90 Å². The van der Waals surface area contributed by atoms with Gasteiger partial charge in [-0.25, -0.2) is 8.78 Å². The maximum absolute atomic E-state index is 13.5. The van der Waals surface area contributed by atoms with E-state index in [0.717, 1.165) is 5.56 Å². The van der Waals surface area contributed by atoms with Gasteiger partial charge in [0.15, 0.2) is 0 Å². The van der Waals surface area contributed by atoms with E-state index in [0.29, 0.717) is 11.3 Å². The van der Waals surface area contributed by atoms with E-state index in [1.807, 2.05) is 30.3 Å². The minimum Gasteiger partial charge on any atom is -0.481 e. The first-order chi connectivity index (χ1) is 12.0. The van der Waals surface area contributed by atoms with Crippen LogP contribution in [0.5, 0.6) is 0 Å². The van der Waals surface area contributed by atoms with Crippen LogP contribution >= 0.6 is 0 Å². The molecule has 1 amide bonds. The number of carbonyl (C=O) groups is 2. The Bertz CT molecular complexity index is 855. The summed E-state index contributed by atoms with van der Waals surface area (Å²) >= 11 is 0. The molecule has 0 bridgehead atoms. The highest BCUT2D eigenvalue weighted by Gasteiger charge is 2.80. The number of carboxylic acid groups (broad SMARTS) is 1. The van der Waals surface area contributed by atoms with E-state index in [4.69, 9.17) is 0 Å². The molecule has 1 aliphatic carbocycles. The second-order valence-corrected chi connectivity index (χ2v) is 6.44. The molecule has 25 heavy (non-hydrogen) atoms. The number of fused-ring (bicyclic) bond motifs is 2. The number of amides is 1. The van der Waals surface area contributed by atoms with Gasteiger partial charge in [-0.15, -0.1) is 0 Å². The van der Waals surface area contributed by atoms with Crippen molar-refractivity contribution in [3.8, 4) is 0 Å². The van der Waals surface area contributed by atoms with Crippen molar-refractivity contribution in [1.82, 2.24) is 0 Å². The van der Waals surface area contributed by atoms with Crippen molar-refractivity contribution < 1.29 is 23.5 Å². The van der Waals surface area contributed by atoms with Crippen molar-refractivity contribution >= 4 is 17.6 Å². The van der Waals surface area contributed by atoms with Crippen molar-refractivity contribution in [3.05, 3.63) is 65.7 Å². The number of hydrogen-bond acceptors (Lipinski definition) is 2. The van der Waals surface area contributed by atoms with E-state index in [1.165, 1.54) is 4.90 Å². The normalized spacial score (nSPS) is 27.0. The summed E-state index contributed by atoms with van der Waals surface area (Å²) in [6.45, 7) is 0.223. The third-order valence-corrected chi connectivity index (χ3v) is 5.23. The van der Waals surface area contributed by atoms with E-state index >= 15 is 0 Å². The Labute approximate surface area is 142 Å². The number of halogens is 2. The molecule has 6 heteroatoms. The predicted molar refractivity (Wildman–Crippen MR) is 86.4 cm³/mol. The Morgan fingerprint density at radius 3 is 2.36 bits per heavy atom. The zero-order chi connectivity index (χ0) is 17.8. The van der Waals surface area contributed by atoms with Crippen LogP contribution in [0.25, 0.3) is 0 Å². The summed E-state index contributed by atoms with van der Waals surface area (Å²) in [6, 6.07) is 15.8. The highest BCUT2D eigenvalue weighted by molar-refractivity contribution is 6.14. The molecule has 2 aliphatic rings. The molecular weight excluding hydrogens is 328 g/mol. The zero-order valence-corrected chi connectivity index (χ0v) is 13.1. The molecule has 2 aromatic carbocycles. The molecule has 1 aliphatic heterocycles. The fraction of sp³-hybridized carbons (Fsp3) is 0.263. The maximum Gasteiger partial charge on any atom is 0.308 e. The minimum absolute atomic E-state index is 0.223. The number of anilines is 1. The van der Waals surface area contributed by atoms with Gasteiger partial charge in [0.25, 0.3) is 0 Å². The lowest BCUT2D eigenvalue weighted by Crippen LogP contribution is -2.34. The lowest BCUT2D eigenvalue weighted by molar-refractivity contribution is -0.140. The molecule has 1 N–H and O–H groups in total. The summed E-state index contributed by atoms with van der Waals surface area (Å²) in [6.07, 6.45) is -2.87. The van der Waals surface area contributed by atoms with Gasteiger partial charge in [0.2, 0.25) is 12.3 Å². The first-order valence-electron chi connectivity index (χ1n) is 7.96. The Kier molecular flexibility index (Phi) is 3.39. The topological polar surface area (TPSA) is 57.6 Å². The van der Waals surface area contributed by atoms with Gasteiger partial charge in [-0.2, -0.15) is 0 Å². The molecule has 128 valence electrons. The SMILES string of the molecule is O=C(O)[C@H]1[C@H](C(F)F)[C@]12C(=O)N(Cc1ccccc1)c1ccccc12. The number of nitrogens with zero attached hydrogens (tertiary/aromatic N) is 1. The fourth-order valence-corrected chi connectivity index (χ4v) is 4.16. The van der Waals surface area contributed by atoms with Crippen LogP contribution in [0, 0.1) is 11.8 Å². The predicted octanol–water partition coefficient (Wildman–Crippen LogP) is 3.07. The summed E-state index contributed by atoms with van der Waals surface area (Å²) in [5.41, 5.74) is 0.119. The number of aliphatic carboxylic acids is 1. The van der Waals surface area contributed by atoms with Gasteiger partial charge in [-0.1, -0.05) is 48.5 Å². The Hall–Kier alpha value is -2.76. The van der Waals surface area contributed by atoms with Crippen LogP contribution in [0.1, 0.15) is 11.1 Å². The van der Waals surface area contributed by atoms with Crippen LogP contribution < -0.4 is 4.90 Å². The van der Waals surface area contributed by atoms with Gasteiger partial charge in [-0.05, 0) is 17.2 Å². The van der Waals surface area contributed by atoms with Crippen molar-refractivity contribution in [2.45, 2.75) is 18.4 Å². The highest BCUT2D eigenvalue weighted by atomic mass is 19.3. The molecule has 4 nitrogen and oxygen atoms in total. The van der Waals surface area contributed by atoms with Gasteiger partial charge in [0, 0.05) is 5.69 Å². The second-order valence-electron chi connectivity index (χ2n) is 6.44. The van der Waals surface area contributed by atoms with Crippen molar-refractivity contribution in [2.24, 2.45) is 11.8 Å². The van der Waals surface area contributed by atoms with E-state index in [9.17, 15) is 23.5 Å². The summed E-state index contributed by atoms with van der Waals surface area (Å²) in [5.74, 6) is -4.77. The fourth-order valence-electron chi connectivity index (χ4n) is 4.16. The van der Waals surface area contributed by atoms with E-state index in [1.54, 1.807) is 24.3 Å². The quantitative estimate of drug-likeness (QED) is 0.928. The number of rotatable bonds is 4. The van der Waals surface area contributed by atoms with Gasteiger partial charge in [-0.3, -0.25) is 9.59 Å². The van der Waals surface area contributed by atoms with Crippen LogP contribution in [0.2, 0.25) is 0 Å². The summed E-state index contributed by atoms with van der Waals surface area (Å²) < 4.78 is 27.0. The number of carbonyl (C=O) groups excluding carboxylic acids is 1. The Morgan fingerprint density at radius 2 is 1.76 bits per heavy atom. The van der Waals surface area contributed by atoms with E-state index < -0.39 is 35.6 Å². The molecule has 0 saturated heterocycles. The molecule has 1 fully saturated rings. The number of benzene rings is 2. The highest BCUT2D eigenvalue weighted by Crippen LogP contribution is 2.68. The molecule has 1 heterocycles. The number of hydrogen-bond donors (Lipinski definition) is 1. The molecule has 0 aromatic heterocycles. The molecule has 0 unspecified atom stereocenters. The van der Waals surface area contributed by atoms with Gasteiger partial charge >= 0.3 is 5.97 Å². The third kappa shape index (κ3) is 2.03. The van der Waals surface area contributed by atoms with Crippen LogP contribution in [0.15, 0.2) is 54.6 Å². The second kappa shape index (κ2) is 5.37. The Morgan fingerprint density at radius 1 is 1.12 bits per heavy atom.